The first kappa shape index (κ1) is 16.2. The lowest BCUT2D eigenvalue weighted by Crippen LogP contribution is -2.15. The fraction of sp³-hybridized carbons (Fsp3) is 0.312. The van der Waals surface area contributed by atoms with E-state index in [9.17, 15) is 9.59 Å². The number of ether oxygens (including phenoxy) is 1. The number of carbonyl (C=O) groups is 2. The first-order valence-corrected chi connectivity index (χ1v) is 7.77. The van der Waals surface area contributed by atoms with Crippen LogP contribution in [0.25, 0.3) is 0 Å². The molecule has 1 N–H and O–H groups in total. The summed E-state index contributed by atoms with van der Waals surface area (Å²) in [5.41, 5.74) is 4.12. The Labute approximate surface area is 133 Å². The Balaban J connectivity index is 1.99. The summed E-state index contributed by atoms with van der Waals surface area (Å²) in [5.74, 6) is -0.570. The molecule has 0 unspecified atom stereocenters. The van der Waals surface area contributed by atoms with Crippen LogP contribution in [0.5, 0.6) is 0 Å². The molecule has 0 fully saturated rings. The van der Waals surface area contributed by atoms with E-state index in [1.807, 2.05) is 38.1 Å². The zero-order valence-electron chi connectivity index (χ0n) is 12.8. The number of rotatable bonds is 5. The van der Waals surface area contributed by atoms with E-state index in [2.05, 4.69) is 10.3 Å². The molecule has 0 spiro atoms. The molecule has 1 aromatic heterocycles. The predicted octanol–water partition coefficient (Wildman–Crippen LogP) is 3.06. The molecular weight excluding hydrogens is 300 g/mol. The number of aryl methyl sites for hydroxylation is 1. The molecule has 22 heavy (non-hydrogen) atoms. The Morgan fingerprint density at radius 1 is 1.32 bits per heavy atom. The van der Waals surface area contributed by atoms with Crippen LogP contribution in [-0.2, 0) is 16.0 Å². The van der Waals surface area contributed by atoms with E-state index in [4.69, 9.17) is 4.74 Å². The Bertz CT molecular complexity index is 664. The van der Waals surface area contributed by atoms with Gasteiger partial charge < -0.3 is 10.1 Å². The summed E-state index contributed by atoms with van der Waals surface area (Å²) >= 11 is 1.32. The van der Waals surface area contributed by atoms with Gasteiger partial charge in [-0.15, -0.1) is 11.3 Å². The van der Waals surface area contributed by atoms with E-state index in [0.29, 0.717) is 17.0 Å². The number of carbonyl (C=O) groups excluding carboxylic acids is 2. The van der Waals surface area contributed by atoms with Gasteiger partial charge in [-0.2, -0.15) is 0 Å². The second-order valence-corrected chi connectivity index (χ2v) is 5.90. The molecule has 1 amide bonds. The number of hydrogen-bond donors (Lipinski definition) is 1. The van der Waals surface area contributed by atoms with Crippen LogP contribution in [0.3, 0.4) is 0 Å². The van der Waals surface area contributed by atoms with Gasteiger partial charge in [-0.3, -0.25) is 9.59 Å². The Hall–Kier alpha value is -2.21. The van der Waals surface area contributed by atoms with Gasteiger partial charge in [-0.25, -0.2) is 4.98 Å². The normalized spacial score (nSPS) is 11.8. The molecule has 1 heterocycles. The van der Waals surface area contributed by atoms with Crippen molar-refractivity contribution in [2.24, 2.45) is 5.92 Å². The maximum Gasteiger partial charge on any atom is 0.308 e. The number of aromatic nitrogens is 1. The van der Waals surface area contributed by atoms with Crippen molar-refractivity contribution in [1.29, 1.82) is 0 Å². The second-order valence-electron chi connectivity index (χ2n) is 5.05. The summed E-state index contributed by atoms with van der Waals surface area (Å²) in [4.78, 5) is 28.2. The third kappa shape index (κ3) is 3.92. The van der Waals surface area contributed by atoms with Crippen molar-refractivity contribution in [3.05, 3.63) is 45.9 Å². The summed E-state index contributed by atoms with van der Waals surface area (Å²) < 4.78 is 4.71. The van der Waals surface area contributed by atoms with Gasteiger partial charge in [0, 0.05) is 5.69 Å². The fourth-order valence-electron chi connectivity index (χ4n) is 2.07. The van der Waals surface area contributed by atoms with Crippen LogP contribution < -0.4 is 5.32 Å². The van der Waals surface area contributed by atoms with Crippen molar-refractivity contribution in [1.82, 2.24) is 4.98 Å². The molecule has 5 nitrogen and oxygen atoms in total. The van der Waals surface area contributed by atoms with Crippen LogP contribution in [0.2, 0.25) is 0 Å². The second kappa shape index (κ2) is 7.17. The monoisotopic (exact) mass is 318 g/mol. The smallest absolute Gasteiger partial charge is 0.308 e. The minimum atomic E-state index is -0.224. The van der Waals surface area contributed by atoms with Crippen molar-refractivity contribution in [2.75, 3.05) is 12.4 Å². The molecular formula is C16H18N2O3S. The number of hydrogen-bond acceptors (Lipinski definition) is 5. The molecule has 1 aromatic carbocycles. The Morgan fingerprint density at radius 2 is 2.00 bits per heavy atom. The van der Waals surface area contributed by atoms with E-state index in [-0.39, 0.29) is 17.8 Å². The van der Waals surface area contributed by atoms with E-state index >= 15 is 0 Å². The molecule has 0 aliphatic carbocycles. The van der Waals surface area contributed by atoms with Gasteiger partial charge in [-0.05, 0) is 31.0 Å². The highest BCUT2D eigenvalue weighted by molar-refractivity contribution is 7.12. The Kier molecular flexibility index (Phi) is 5.27. The quantitative estimate of drug-likeness (QED) is 0.860. The van der Waals surface area contributed by atoms with Crippen molar-refractivity contribution in [3.63, 3.8) is 0 Å². The minimum Gasteiger partial charge on any atom is -0.469 e. The van der Waals surface area contributed by atoms with E-state index in [1.54, 1.807) is 5.51 Å². The molecule has 0 aliphatic heterocycles. The third-order valence-electron chi connectivity index (χ3n) is 3.31. The summed E-state index contributed by atoms with van der Waals surface area (Å²) in [6, 6.07) is 7.45. The highest BCUT2D eigenvalue weighted by atomic mass is 32.1. The fourth-order valence-corrected chi connectivity index (χ4v) is 2.77. The zero-order chi connectivity index (χ0) is 16.1. The lowest BCUT2D eigenvalue weighted by atomic mass is 10.0. The standard InChI is InChI=1S/C16H18N2O3S/c1-10(16(20)21-3)8-12-4-6-13(7-5-12)18-15(19)14-11(2)17-9-22-14/h4-7,9-10H,8H2,1-3H3,(H,18,19)/t10-/m0/s1. The molecule has 0 saturated carbocycles. The van der Waals surface area contributed by atoms with Crippen molar-refractivity contribution >= 4 is 28.9 Å². The van der Waals surface area contributed by atoms with Crippen molar-refractivity contribution in [2.45, 2.75) is 20.3 Å². The number of nitrogens with one attached hydrogen (secondary N) is 1. The average Bonchev–Trinajstić information content (AvgIpc) is 2.94. The molecule has 2 aromatic rings. The molecule has 0 bridgehead atoms. The van der Waals surface area contributed by atoms with Gasteiger partial charge >= 0.3 is 5.97 Å². The number of benzene rings is 1. The molecule has 116 valence electrons. The Morgan fingerprint density at radius 3 is 2.55 bits per heavy atom. The SMILES string of the molecule is COC(=O)[C@@H](C)Cc1ccc(NC(=O)c2scnc2C)cc1. The van der Waals surface area contributed by atoms with Gasteiger partial charge in [0.1, 0.15) is 4.88 Å². The zero-order valence-corrected chi connectivity index (χ0v) is 13.6. The molecule has 1 atom stereocenters. The number of esters is 1. The number of amides is 1. The molecule has 0 radical (unpaired) electrons. The highest BCUT2D eigenvalue weighted by Crippen LogP contribution is 2.17. The van der Waals surface area contributed by atoms with Crippen LogP contribution in [-0.4, -0.2) is 24.0 Å². The summed E-state index contributed by atoms with van der Waals surface area (Å²) in [5, 5.41) is 2.84. The number of anilines is 1. The average molecular weight is 318 g/mol. The largest absolute Gasteiger partial charge is 0.469 e. The van der Waals surface area contributed by atoms with E-state index < -0.39 is 0 Å². The van der Waals surface area contributed by atoms with Crippen LogP contribution in [0.4, 0.5) is 5.69 Å². The first-order valence-electron chi connectivity index (χ1n) is 6.89. The summed E-state index contributed by atoms with van der Waals surface area (Å²) in [7, 11) is 1.39. The van der Waals surface area contributed by atoms with Gasteiger partial charge in [-0.1, -0.05) is 19.1 Å². The molecule has 0 saturated heterocycles. The van der Waals surface area contributed by atoms with Crippen LogP contribution in [0.1, 0.15) is 27.9 Å². The molecule has 6 heteroatoms. The number of nitrogens with zero attached hydrogens (tertiary/aromatic N) is 1. The topological polar surface area (TPSA) is 68.3 Å². The van der Waals surface area contributed by atoms with Gasteiger partial charge in [0.2, 0.25) is 0 Å². The lowest BCUT2D eigenvalue weighted by Gasteiger charge is -2.10. The lowest BCUT2D eigenvalue weighted by molar-refractivity contribution is -0.144. The van der Waals surface area contributed by atoms with Crippen LogP contribution in [0, 0.1) is 12.8 Å². The minimum absolute atomic E-state index is 0.157. The van der Waals surface area contributed by atoms with Gasteiger partial charge in [0.15, 0.2) is 0 Å². The van der Waals surface area contributed by atoms with Crippen molar-refractivity contribution < 1.29 is 14.3 Å². The molecule has 0 aliphatic rings. The van der Waals surface area contributed by atoms with E-state index in [0.717, 1.165) is 11.3 Å². The number of thiazole rings is 1. The highest BCUT2D eigenvalue weighted by Gasteiger charge is 2.14. The van der Waals surface area contributed by atoms with Crippen molar-refractivity contribution in [3.8, 4) is 0 Å². The van der Waals surface area contributed by atoms with Gasteiger partial charge in [0.05, 0.1) is 24.2 Å². The van der Waals surface area contributed by atoms with Crippen LogP contribution >= 0.6 is 11.3 Å². The van der Waals surface area contributed by atoms with E-state index in [1.165, 1.54) is 18.4 Å². The van der Waals surface area contributed by atoms with Gasteiger partial charge in [0.25, 0.3) is 5.91 Å². The first-order chi connectivity index (χ1) is 10.5. The third-order valence-corrected chi connectivity index (χ3v) is 4.24. The summed E-state index contributed by atoms with van der Waals surface area (Å²) in [6.45, 7) is 3.64. The predicted molar refractivity (Wildman–Crippen MR) is 86.1 cm³/mol. The summed E-state index contributed by atoms with van der Waals surface area (Å²) in [6.07, 6.45) is 0.606. The maximum absolute atomic E-state index is 12.1. The maximum atomic E-state index is 12.1. The van der Waals surface area contributed by atoms with Crippen LogP contribution in [0.15, 0.2) is 29.8 Å². The molecule has 2 rings (SSSR count). The number of methoxy groups -OCH3 is 1.